The fraction of sp³-hybridized carbons (Fsp3) is 0.278. The number of nitrogens with one attached hydrogen (secondary N) is 1. The van der Waals surface area contributed by atoms with Crippen LogP contribution in [0.2, 0.25) is 5.02 Å². The highest BCUT2D eigenvalue weighted by Gasteiger charge is 2.30. The molecule has 27 heavy (non-hydrogen) atoms. The van der Waals surface area contributed by atoms with Crippen LogP contribution in [0, 0.1) is 10.1 Å². The SMILES string of the molecule is O=C(Nc1ccc(S(=O)(=O)C2CCCC2)cc1)c1ccc(Cl)c([N+](=O)[O-])c1. The molecular formula is C18H17ClN2O5S. The fourth-order valence-electron chi connectivity index (χ4n) is 3.12. The van der Waals surface area contributed by atoms with Crippen LogP contribution in [0.3, 0.4) is 0 Å². The lowest BCUT2D eigenvalue weighted by atomic mass is 10.2. The predicted octanol–water partition coefficient (Wildman–Crippen LogP) is 4.22. The van der Waals surface area contributed by atoms with E-state index in [0.29, 0.717) is 18.5 Å². The average molecular weight is 409 g/mol. The van der Waals surface area contributed by atoms with Gasteiger partial charge in [-0.2, -0.15) is 0 Å². The van der Waals surface area contributed by atoms with Gasteiger partial charge < -0.3 is 5.32 Å². The van der Waals surface area contributed by atoms with Gasteiger partial charge in [-0.25, -0.2) is 8.42 Å². The first kappa shape index (κ1) is 19.3. The number of carbonyl (C=O) groups is 1. The quantitative estimate of drug-likeness (QED) is 0.588. The van der Waals surface area contributed by atoms with Crippen LogP contribution in [-0.4, -0.2) is 24.5 Å². The van der Waals surface area contributed by atoms with Gasteiger partial charge in [0.25, 0.3) is 11.6 Å². The summed E-state index contributed by atoms with van der Waals surface area (Å²) >= 11 is 5.74. The summed E-state index contributed by atoms with van der Waals surface area (Å²) in [4.78, 5) is 22.8. The Kier molecular flexibility index (Phi) is 5.48. The summed E-state index contributed by atoms with van der Waals surface area (Å²) in [6.45, 7) is 0. The number of anilines is 1. The summed E-state index contributed by atoms with van der Waals surface area (Å²) in [5.41, 5.74) is 0.110. The second kappa shape index (κ2) is 7.66. The highest BCUT2D eigenvalue weighted by Crippen LogP contribution is 2.30. The Morgan fingerprint density at radius 3 is 2.33 bits per heavy atom. The molecule has 7 nitrogen and oxygen atoms in total. The number of rotatable bonds is 5. The summed E-state index contributed by atoms with van der Waals surface area (Å²) in [5, 5.41) is 13.1. The van der Waals surface area contributed by atoms with Crippen LogP contribution in [0.5, 0.6) is 0 Å². The number of halogens is 1. The van der Waals surface area contributed by atoms with Crippen molar-refractivity contribution in [2.24, 2.45) is 0 Å². The molecule has 1 saturated carbocycles. The summed E-state index contributed by atoms with van der Waals surface area (Å²) in [6, 6.07) is 9.70. The van der Waals surface area contributed by atoms with Gasteiger partial charge in [-0.1, -0.05) is 24.4 Å². The van der Waals surface area contributed by atoms with Gasteiger partial charge in [0.1, 0.15) is 5.02 Å². The average Bonchev–Trinajstić information content (AvgIpc) is 3.18. The Hall–Kier alpha value is -2.45. The molecule has 2 aromatic rings. The molecule has 0 spiro atoms. The van der Waals surface area contributed by atoms with Crippen LogP contribution >= 0.6 is 11.6 Å². The second-order valence-corrected chi connectivity index (χ2v) is 8.99. The van der Waals surface area contributed by atoms with E-state index < -0.39 is 20.7 Å². The van der Waals surface area contributed by atoms with Gasteiger partial charge in [0.05, 0.1) is 15.1 Å². The van der Waals surface area contributed by atoms with E-state index in [0.717, 1.165) is 18.9 Å². The Morgan fingerprint density at radius 2 is 1.74 bits per heavy atom. The standard InChI is InChI=1S/C18H17ClN2O5S/c19-16-10-5-12(11-17(16)21(23)24)18(22)20-13-6-8-15(9-7-13)27(25,26)14-3-1-2-4-14/h5-11,14H,1-4H2,(H,20,22). The number of nitro groups is 1. The molecule has 0 radical (unpaired) electrons. The molecule has 1 aliphatic rings. The third-order valence-electron chi connectivity index (χ3n) is 4.59. The fourth-order valence-corrected chi connectivity index (χ4v) is 5.16. The van der Waals surface area contributed by atoms with E-state index in [2.05, 4.69) is 5.32 Å². The number of nitro benzene ring substituents is 1. The number of benzene rings is 2. The van der Waals surface area contributed by atoms with Gasteiger partial charge in [-0.05, 0) is 49.2 Å². The lowest BCUT2D eigenvalue weighted by molar-refractivity contribution is -0.384. The zero-order chi connectivity index (χ0) is 19.6. The number of carbonyl (C=O) groups excluding carboxylic acids is 1. The van der Waals surface area contributed by atoms with Gasteiger partial charge in [-0.3, -0.25) is 14.9 Å². The van der Waals surface area contributed by atoms with E-state index >= 15 is 0 Å². The van der Waals surface area contributed by atoms with E-state index in [9.17, 15) is 23.3 Å². The molecule has 0 bridgehead atoms. The minimum Gasteiger partial charge on any atom is -0.322 e. The third-order valence-corrected chi connectivity index (χ3v) is 7.18. The van der Waals surface area contributed by atoms with E-state index in [1.165, 1.54) is 36.4 Å². The van der Waals surface area contributed by atoms with Gasteiger partial charge in [0, 0.05) is 17.3 Å². The monoisotopic (exact) mass is 408 g/mol. The Labute approximate surface area is 161 Å². The normalized spacial score (nSPS) is 14.9. The first-order valence-corrected chi connectivity index (χ1v) is 10.3. The first-order chi connectivity index (χ1) is 12.8. The van der Waals surface area contributed by atoms with Crippen LogP contribution in [0.15, 0.2) is 47.4 Å². The maximum absolute atomic E-state index is 12.6. The largest absolute Gasteiger partial charge is 0.322 e. The van der Waals surface area contributed by atoms with Crippen molar-refractivity contribution in [3.63, 3.8) is 0 Å². The highest BCUT2D eigenvalue weighted by atomic mass is 35.5. The molecule has 1 fully saturated rings. The van der Waals surface area contributed by atoms with Gasteiger partial charge >= 0.3 is 0 Å². The van der Waals surface area contributed by atoms with Crippen molar-refractivity contribution in [1.29, 1.82) is 0 Å². The van der Waals surface area contributed by atoms with Crippen LogP contribution < -0.4 is 5.32 Å². The molecule has 1 amide bonds. The lowest BCUT2D eigenvalue weighted by Gasteiger charge is -2.12. The van der Waals surface area contributed by atoms with Crippen molar-refractivity contribution in [3.8, 4) is 0 Å². The van der Waals surface area contributed by atoms with E-state index in [1.54, 1.807) is 0 Å². The molecule has 9 heteroatoms. The molecule has 1 aliphatic carbocycles. The Balaban J connectivity index is 1.76. The highest BCUT2D eigenvalue weighted by molar-refractivity contribution is 7.92. The van der Waals surface area contributed by atoms with Crippen molar-refractivity contribution in [2.75, 3.05) is 5.32 Å². The first-order valence-electron chi connectivity index (χ1n) is 8.38. The maximum atomic E-state index is 12.6. The molecule has 0 atom stereocenters. The molecule has 0 saturated heterocycles. The Morgan fingerprint density at radius 1 is 1.11 bits per heavy atom. The van der Waals surface area contributed by atoms with Crippen molar-refractivity contribution in [3.05, 3.63) is 63.2 Å². The molecule has 1 N–H and O–H groups in total. The second-order valence-electron chi connectivity index (χ2n) is 6.35. The smallest absolute Gasteiger partial charge is 0.288 e. The summed E-state index contributed by atoms with van der Waals surface area (Å²) in [5.74, 6) is -0.554. The zero-order valence-electron chi connectivity index (χ0n) is 14.2. The van der Waals surface area contributed by atoms with Crippen molar-refractivity contribution >= 4 is 38.7 Å². The van der Waals surface area contributed by atoms with Crippen LogP contribution in [0.25, 0.3) is 0 Å². The minimum atomic E-state index is -3.36. The van der Waals surface area contributed by atoms with Crippen molar-refractivity contribution in [2.45, 2.75) is 35.8 Å². The number of sulfone groups is 1. The summed E-state index contributed by atoms with van der Waals surface area (Å²) in [7, 11) is -3.36. The number of hydrogen-bond acceptors (Lipinski definition) is 5. The third kappa shape index (κ3) is 4.12. The van der Waals surface area contributed by atoms with Gasteiger partial charge in [-0.15, -0.1) is 0 Å². The number of hydrogen-bond donors (Lipinski definition) is 1. The zero-order valence-corrected chi connectivity index (χ0v) is 15.8. The van der Waals surface area contributed by atoms with E-state index in [-0.39, 0.29) is 26.4 Å². The minimum absolute atomic E-state index is 0.0574. The van der Waals surface area contributed by atoms with Gasteiger partial charge in [0.2, 0.25) is 0 Å². The van der Waals surface area contributed by atoms with Crippen molar-refractivity contribution in [1.82, 2.24) is 0 Å². The van der Waals surface area contributed by atoms with Crippen LogP contribution in [0.4, 0.5) is 11.4 Å². The predicted molar refractivity (Wildman–Crippen MR) is 102 cm³/mol. The molecule has 3 rings (SSSR count). The molecule has 0 unspecified atom stereocenters. The molecule has 0 aromatic heterocycles. The molecule has 2 aromatic carbocycles. The maximum Gasteiger partial charge on any atom is 0.288 e. The Bertz CT molecular complexity index is 983. The van der Waals surface area contributed by atoms with E-state index in [4.69, 9.17) is 11.6 Å². The topological polar surface area (TPSA) is 106 Å². The summed E-state index contributed by atoms with van der Waals surface area (Å²) < 4.78 is 25.1. The molecule has 142 valence electrons. The van der Waals surface area contributed by atoms with Crippen molar-refractivity contribution < 1.29 is 18.1 Å². The number of nitrogens with zero attached hydrogens (tertiary/aromatic N) is 1. The van der Waals surface area contributed by atoms with Gasteiger partial charge in [0.15, 0.2) is 9.84 Å². The molecule has 0 aliphatic heterocycles. The number of amides is 1. The van der Waals surface area contributed by atoms with Crippen LogP contribution in [-0.2, 0) is 9.84 Å². The summed E-state index contributed by atoms with van der Waals surface area (Å²) in [6.07, 6.45) is 3.20. The van der Waals surface area contributed by atoms with E-state index in [1.807, 2.05) is 0 Å². The lowest BCUT2D eigenvalue weighted by Crippen LogP contribution is -2.18. The molecule has 0 heterocycles. The van der Waals surface area contributed by atoms with Crippen LogP contribution in [0.1, 0.15) is 36.0 Å². The molecular weight excluding hydrogens is 392 g/mol.